The van der Waals surface area contributed by atoms with E-state index in [9.17, 15) is 0 Å². The van der Waals surface area contributed by atoms with Gasteiger partial charge in [-0.05, 0) is 18.2 Å². The van der Waals surface area contributed by atoms with Crippen molar-refractivity contribution >= 4 is 31.5 Å². The van der Waals surface area contributed by atoms with E-state index in [1.165, 1.54) is 15.5 Å². The molecule has 9 aromatic rings. The molecule has 3 aromatic heterocycles. The lowest BCUT2D eigenvalue weighted by molar-refractivity contribution is 1.08. The Balaban J connectivity index is 1.20. The Morgan fingerprint density at radius 2 is 0.816 bits per heavy atom. The molecule has 230 valence electrons. The Hall–Kier alpha value is -6.37. The second-order valence-electron chi connectivity index (χ2n) is 11.7. The summed E-state index contributed by atoms with van der Waals surface area (Å²) in [6, 6.07) is 55.7. The Bertz CT molecular complexity index is 2470. The first-order chi connectivity index (χ1) is 24.3. The van der Waals surface area contributed by atoms with Crippen molar-refractivity contribution in [2.24, 2.45) is 0 Å². The summed E-state index contributed by atoms with van der Waals surface area (Å²) in [7, 11) is 0. The number of benzene rings is 6. The predicted octanol–water partition coefficient (Wildman–Crippen LogP) is 11.0. The molecule has 0 aliphatic heterocycles. The first-order valence-corrected chi connectivity index (χ1v) is 16.9. The maximum atomic E-state index is 5.07. The second kappa shape index (κ2) is 12.3. The van der Waals surface area contributed by atoms with E-state index in [-0.39, 0.29) is 0 Å². The van der Waals surface area contributed by atoms with E-state index in [1.54, 1.807) is 11.3 Å². The highest BCUT2D eigenvalue weighted by atomic mass is 32.1. The molecule has 0 saturated heterocycles. The van der Waals surface area contributed by atoms with Gasteiger partial charge in [0.1, 0.15) is 0 Å². The maximum absolute atomic E-state index is 5.07. The summed E-state index contributed by atoms with van der Waals surface area (Å²) in [6.45, 7) is 0. The molecule has 0 N–H and O–H groups in total. The highest BCUT2D eigenvalue weighted by Crippen LogP contribution is 2.41. The van der Waals surface area contributed by atoms with Crippen molar-refractivity contribution in [3.8, 4) is 68.1 Å². The van der Waals surface area contributed by atoms with Gasteiger partial charge in [0.05, 0.1) is 11.4 Å². The summed E-state index contributed by atoms with van der Waals surface area (Å²) in [4.78, 5) is 25.0. The van der Waals surface area contributed by atoms with E-state index < -0.39 is 0 Å². The summed E-state index contributed by atoms with van der Waals surface area (Å²) in [5.74, 6) is 2.66. The lowest BCUT2D eigenvalue weighted by Crippen LogP contribution is -2.00. The lowest BCUT2D eigenvalue weighted by atomic mass is 10.0. The standard InChI is InChI=1S/C43H27N5S/c1-5-14-28(15-6-1)36-27-37(45-40(44-36)29-16-7-2-8-17-29)32-24-25-33-34-22-13-23-35(39(34)49-38(33)26-32)43-47-41(30-18-9-3-10-19-30)46-42(48-43)31-20-11-4-12-21-31/h1-27H. The number of aromatic nitrogens is 5. The van der Waals surface area contributed by atoms with E-state index in [0.29, 0.717) is 23.3 Å². The van der Waals surface area contributed by atoms with Crippen molar-refractivity contribution in [1.82, 2.24) is 24.9 Å². The smallest absolute Gasteiger partial charge is 0.165 e. The maximum Gasteiger partial charge on any atom is 0.165 e. The van der Waals surface area contributed by atoms with Crippen molar-refractivity contribution in [3.05, 3.63) is 164 Å². The first kappa shape index (κ1) is 28.8. The third kappa shape index (κ3) is 5.54. The molecule has 0 spiro atoms. The average molecular weight is 646 g/mol. The van der Waals surface area contributed by atoms with Crippen LogP contribution in [0.15, 0.2) is 164 Å². The minimum absolute atomic E-state index is 0.650. The monoisotopic (exact) mass is 645 g/mol. The van der Waals surface area contributed by atoms with Crippen LogP contribution < -0.4 is 0 Å². The molecule has 0 aliphatic carbocycles. The van der Waals surface area contributed by atoms with Gasteiger partial charge in [-0.1, -0.05) is 146 Å². The van der Waals surface area contributed by atoms with Gasteiger partial charge in [0.2, 0.25) is 0 Å². The Labute approximate surface area is 287 Å². The molecular formula is C43H27N5S. The van der Waals surface area contributed by atoms with Gasteiger partial charge in [-0.3, -0.25) is 0 Å². The lowest BCUT2D eigenvalue weighted by Gasteiger charge is -2.09. The molecule has 3 heterocycles. The fourth-order valence-electron chi connectivity index (χ4n) is 6.13. The van der Waals surface area contributed by atoms with Gasteiger partial charge in [-0.2, -0.15) is 0 Å². The van der Waals surface area contributed by atoms with Crippen molar-refractivity contribution in [2.45, 2.75) is 0 Å². The fraction of sp³-hybridized carbons (Fsp3) is 0. The van der Waals surface area contributed by atoms with Crippen LogP contribution in [0.5, 0.6) is 0 Å². The molecule has 0 unspecified atom stereocenters. The van der Waals surface area contributed by atoms with Gasteiger partial charge >= 0.3 is 0 Å². The summed E-state index contributed by atoms with van der Waals surface area (Å²) in [5, 5.41) is 2.36. The zero-order chi connectivity index (χ0) is 32.6. The molecule has 0 saturated carbocycles. The minimum Gasteiger partial charge on any atom is -0.228 e. The Morgan fingerprint density at radius 1 is 0.327 bits per heavy atom. The summed E-state index contributed by atoms with van der Waals surface area (Å²) in [6.07, 6.45) is 0. The van der Waals surface area contributed by atoms with Crippen LogP contribution in [0.25, 0.3) is 88.2 Å². The molecule has 0 amide bonds. The van der Waals surface area contributed by atoms with Crippen LogP contribution in [0.3, 0.4) is 0 Å². The van der Waals surface area contributed by atoms with Crippen LogP contribution in [-0.2, 0) is 0 Å². The van der Waals surface area contributed by atoms with Crippen molar-refractivity contribution in [1.29, 1.82) is 0 Å². The van der Waals surface area contributed by atoms with Gasteiger partial charge in [0.15, 0.2) is 23.3 Å². The van der Waals surface area contributed by atoms with Crippen molar-refractivity contribution < 1.29 is 0 Å². The van der Waals surface area contributed by atoms with Gasteiger partial charge < -0.3 is 0 Å². The number of hydrogen-bond acceptors (Lipinski definition) is 6. The number of hydrogen-bond donors (Lipinski definition) is 0. The molecule has 0 atom stereocenters. The molecule has 49 heavy (non-hydrogen) atoms. The molecule has 0 radical (unpaired) electrons. The van der Waals surface area contributed by atoms with Crippen LogP contribution >= 0.6 is 11.3 Å². The van der Waals surface area contributed by atoms with Crippen molar-refractivity contribution in [3.63, 3.8) is 0 Å². The number of nitrogens with zero attached hydrogens (tertiary/aromatic N) is 5. The van der Waals surface area contributed by atoms with Crippen LogP contribution in [0.2, 0.25) is 0 Å². The average Bonchev–Trinajstić information content (AvgIpc) is 3.57. The van der Waals surface area contributed by atoms with Gasteiger partial charge in [-0.25, -0.2) is 24.9 Å². The third-order valence-corrected chi connectivity index (χ3v) is 9.76. The van der Waals surface area contributed by atoms with Gasteiger partial charge in [0.25, 0.3) is 0 Å². The third-order valence-electron chi connectivity index (χ3n) is 8.56. The van der Waals surface area contributed by atoms with Crippen LogP contribution in [-0.4, -0.2) is 24.9 Å². The normalized spacial score (nSPS) is 11.3. The number of rotatable bonds is 6. The predicted molar refractivity (Wildman–Crippen MR) is 201 cm³/mol. The van der Waals surface area contributed by atoms with Crippen LogP contribution in [0.4, 0.5) is 0 Å². The largest absolute Gasteiger partial charge is 0.228 e. The summed E-state index contributed by atoms with van der Waals surface area (Å²) >= 11 is 1.75. The molecule has 5 nitrogen and oxygen atoms in total. The van der Waals surface area contributed by atoms with Crippen LogP contribution in [0.1, 0.15) is 0 Å². The van der Waals surface area contributed by atoms with Gasteiger partial charge in [-0.15, -0.1) is 11.3 Å². The Kier molecular flexibility index (Phi) is 7.26. The molecule has 0 bridgehead atoms. The highest BCUT2D eigenvalue weighted by molar-refractivity contribution is 7.26. The Morgan fingerprint density at radius 3 is 1.39 bits per heavy atom. The van der Waals surface area contributed by atoms with Crippen LogP contribution in [0, 0.1) is 0 Å². The molecule has 9 rings (SSSR count). The molecule has 6 heteroatoms. The van der Waals surface area contributed by atoms with Gasteiger partial charge in [0, 0.05) is 53.6 Å². The van der Waals surface area contributed by atoms with E-state index in [0.717, 1.165) is 49.5 Å². The topological polar surface area (TPSA) is 64.5 Å². The van der Waals surface area contributed by atoms with Crippen molar-refractivity contribution in [2.75, 3.05) is 0 Å². The number of fused-ring (bicyclic) bond motifs is 3. The zero-order valence-electron chi connectivity index (χ0n) is 26.2. The molecule has 6 aromatic carbocycles. The molecule has 0 aliphatic rings. The fourth-order valence-corrected chi connectivity index (χ4v) is 7.38. The van der Waals surface area contributed by atoms with E-state index in [1.807, 2.05) is 97.1 Å². The summed E-state index contributed by atoms with van der Waals surface area (Å²) < 4.78 is 2.30. The molecular weight excluding hydrogens is 619 g/mol. The second-order valence-corrected chi connectivity index (χ2v) is 12.8. The highest BCUT2D eigenvalue weighted by Gasteiger charge is 2.18. The van der Waals surface area contributed by atoms with E-state index in [2.05, 4.69) is 66.7 Å². The SMILES string of the molecule is c1ccc(-c2cc(-c3ccc4c(c3)sc3c(-c5nc(-c6ccccc6)nc(-c6ccccc6)n5)cccc34)nc(-c3ccccc3)n2)cc1. The summed E-state index contributed by atoms with van der Waals surface area (Å²) in [5.41, 5.74) is 7.73. The first-order valence-electron chi connectivity index (χ1n) is 16.1. The molecule has 0 fully saturated rings. The van der Waals surface area contributed by atoms with E-state index >= 15 is 0 Å². The van der Waals surface area contributed by atoms with E-state index in [4.69, 9.17) is 24.9 Å². The quantitative estimate of drug-likeness (QED) is 0.180. The minimum atomic E-state index is 0.650. The zero-order valence-corrected chi connectivity index (χ0v) is 27.0. The number of thiophene rings is 1.